The van der Waals surface area contributed by atoms with Crippen LogP contribution in [-0.2, 0) is 16.0 Å². The lowest BCUT2D eigenvalue weighted by Gasteiger charge is -2.32. The van der Waals surface area contributed by atoms with Crippen LogP contribution in [0.3, 0.4) is 0 Å². The van der Waals surface area contributed by atoms with E-state index in [2.05, 4.69) is 31.2 Å². The lowest BCUT2D eigenvalue weighted by Crippen LogP contribution is -2.49. The minimum Gasteiger partial charge on any atom is -0.468 e. The van der Waals surface area contributed by atoms with Gasteiger partial charge in [-0.1, -0.05) is 29.8 Å². The molecular weight excluding hydrogens is 226 g/mol. The third kappa shape index (κ3) is 3.57. The summed E-state index contributed by atoms with van der Waals surface area (Å²) in [4.78, 5) is 13.7. The largest absolute Gasteiger partial charge is 0.468 e. The number of benzene rings is 1. The fraction of sp³-hybridized carbons (Fsp3) is 0.533. The number of hydrogen-bond donors (Lipinski definition) is 0. The molecule has 0 aliphatic carbocycles. The van der Waals surface area contributed by atoms with Crippen LogP contribution in [0.25, 0.3) is 0 Å². The summed E-state index contributed by atoms with van der Waals surface area (Å²) in [6.45, 7) is 6.67. The van der Waals surface area contributed by atoms with Crippen molar-refractivity contribution in [3.63, 3.8) is 0 Å². The maximum absolute atomic E-state index is 11.7. The second kappa shape index (κ2) is 6.01. The second-order valence-electron chi connectivity index (χ2n) is 5.21. The topological polar surface area (TPSA) is 29.5 Å². The number of rotatable bonds is 5. The number of esters is 1. The summed E-state index contributed by atoms with van der Waals surface area (Å²) in [5.74, 6) is -0.200. The summed E-state index contributed by atoms with van der Waals surface area (Å²) in [5, 5.41) is 0. The van der Waals surface area contributed by atoms with Crippen LogP contribution in [-0.4, -0.2) is 37.1 Å². The summed E-state index contributed by atoms with van der Waals surface area (Å²) in [6.07, 6.45) is 0.928. The van der Waals surface area contributed by atoms with Gasteiger partial charge in [0.25, 0.3) is 0 Å². The lowest BCUT2D eigenvalue weighted by atomic mass is 10.0. The number of methoxy groups -OCH3 is 1. The Labute approximate surface area is 110 Å². The SMILES string of the molecule is COC(=O)C(C)(C)N(C)CCc1ccc(C)cc1. The van der Waals surface area contributed by atoms with E-state index in [4.69, 9.17) is 4.74 Å². The van der Waals surface area contributed by atoms with Gasteiger partial charge in [0.05, 0.1) is 7.11 Å². The molecule has 0 radical (unpaired) electrons. The summed E-state index contributed by atoms with van der Waals surface area (Å²) in [7, 11) is 3.38. The molecule has 0 heterocycles. The molecule has 0 saturated carbocycles. The Morgan fingerprint density at radius 2 is 1.83 bits per heavy atom. The van der Waals surface area contributed by atoms with Crippen LogP contribution in [0.5, 0.6) is 0 Å². The van der Waals surface area contributed by atoms with Crippen molar-refractivity contribution in [1.29, 1.82) is 0 Å². The quantitative estimate of drug-likeness (QED) is 0.751. The second-order valence-corrected chi connectivity index (χ2v) is 5.21. The van der Waals surface area contributed by atoms with E-state index in [0.29, 0.717) is 0 Å². The maximum Gasteiger partial charge on any atom is 0.325 e. The smallest absolute Gasteiger partial charge is 0.325 e. The lowest BCUT2D eigenvalue weighted by molar-refractivity contribution is -0.152. The van der Waals surface area contributed by atoms with Gasteiger partial charge in [0.1, 0.15) is 5.54 Å². The number of hydrogen-bond acceptors (Lipinski definition) is 3. The highest BCUT2D eigenvalue weighted by atomic mass is 16.5. The van der Waals surface area contributed by atoms with Crippen molar-refractivity contribution in [3.05, 3.63) is 35.4 Å². The molecule has 0 aliphatic heterocycles. The first kappa shape index (κ1) is 14.7. The molecule has 0 bridgehead atoms. The van der Waals surface area contributed by atoms with E-state index in [1.54, 1.807) is 0 Å². The third-order valence-corrected chi connectivity index (χ3v) is 3.50. The molecule has 1 aromatic carbocycles. The van der Waals surface area contributed by atoms with E-state index >= 15 is 0 Å². The standard InChI is InChI=1S/C15H23NO2/c1-12-6-8-13(9-7-12)10-11-16(4)15(2,3)14(17)18-5/h6-9H,10-11H2,1-5H3. The third-order valence-electron chi connectivity index (χ3n) is 3.50. The monoisotopic (exact) mass is 249 g/mol. The van der Waals surface area contributed by atoms with Gasteiger partial charge in [-0.15, -0.1) is 0 Å². The highest BCUT2D eigenvalue weighted by Gasteiger charge is 2.32. The molecule has 3 heteroatoms. The van der Waals surface area contributed by atoms with Crippen molar-refractivity contribution in [3.8, 4) is 0 Å². The number of ether oxygens (including phenoxy) is 1. The van der Waals surface area contributed by atoms with Gasteiger partial charge in [0.15, 0.2) is 0 Å². The van der Waals surface area contributed by atoms with Gasteiger partial charge in [0.2, 0.25) is 0 Å². The van der Waals surface area contributed by atoms with Gasteiger partial charge in [0, 0.05) is 6.54 Å². The fourth-order valence-electron chi connectivity index (χ4n) is 1.74. The van der Waals surface area contributed by atoms with Crippen molar-refractivity contribution in [2.45, 2.75) is 32.7 Å². The summed E-state index contributed by atoms with van der Waals surface area (Å²) >= 11 is 0. The van der Waals surface area contributed by atoms with Gasteiger partial charge in [-0.05, 0) is 39.8 Å². The molecule has 3 nitrogen and oxygen atoms in total. The molecule has 1 aromatic rings. The molecule has 1 rings (SSSR count). The van der Waals surface area contributed by atoms with Crippen LogP contribution >= 0.6 is 0 Å². The van der Waals surface area contributed by atoms with Crippen molar-refractivity contribution in [2.75, 3.05) is 20.7 Å². The van der Waals surface area contributed by atoms with Crippen LogP contribution < -0.4 is 0 Å². The molecule has 0 fully saturated rings. The first-order valence-corrected chi connectivity index (χ1v) is 6.23. The van der Waals surface area contributed by atoms with Crippen LogP contribution in [0.2, 0.25) is 0 Å². The number of nitrogens with zero attached hydrogens (tertiary/aromatic N) is 1. The maximum atomic E-state index is 11.7. The van der Waals surface area contributed by atoms with E-state index in [0.717, 1.165) is 13.0 Å². The highest BCUT2D eigenvalue weighted by molar-refractivity contribution is 5.79. The molecule has 0 spiro atoms. The zero-order valence-electron chi connectivity index (χ0n) is 12.0. The average Bonchev–Trinajstić information content (AvgIpc) is 2.36. The minimum atomic E-state index is -0.584. The molecule has 0 aromatic heterocycles. The number of likely N-dealkylation sites (N-methyl/N-ethyl adjacent to an activating group) is 1. The molecule has 0 aliphatic rings. The van der Waals surface area contributed by atoms with E-state index < -0.39 is 5.54 Å². The average molecular weight is 249 g/mol. The molecule has 0 amide bonds. The van der Waals surface area contributed by atoms with E-state index in [-0.39, 0.29) is 5.97 Å². The predicted octanol–water partition coefficient (Wildman–Crippen LogP) is 2.42. The van der Waals surface area contributed by atoms with Gasteiger partial charge in [-0.3, -0.25) is 9.69 Å². The summed E-state index contributed by atoms with van der Waals surface area (Å²) in [5.41, 5.74) is 1.97. The van der Waals surface area contributed by atoms with Crippen LogP contribution in [0, 0.1) is 6.92 Å². The number of aryl methyl sites for hydroxylation is 1. The molecule has 0 N–H and O–H groups in total. The summed E-state index contributed by atoms with van der Waals surface area (Å²) in [6, 6.07) is 8.49. The Balaban J connectivity index is 2.58. The normalized spacial score (nSPS) is 11.7. The molecule has 100 valence electrons. The molecule has 0 unspecified atom stereocenters. The Kier molecular flexibility index (Phi) is 4.91. The molecule has 18 heavy (non-hydrogen) atoms. The Morgan fingerprint density at radius 3 is 2.33 bits per heavy atom. The fourth-order valence-corrected chi connectivity index (χ4v) is 1.74. The molecular formula is C15H23NO2. The highest BCUT2D eigenvalue weighted by Crippen LogP contribution is 2.15. The van der Waals surface area contributed by atoms with Gasteiger partial charge < -0.3 is 4.74 Å². The van der Waals surface area contributed by atoms with Crippen molar-refractivity contribution in [2.24, 2.45) is 0 Å². The van der Waals surface area contributed by atoms with Crippen LogP contribution in [0.4, 0.5) is 0 Å². The van der Waals surface area contributed by atoms with Gasteiger partial charge in [-0.2, -0.15) is 0 Å². The zero-order chi connectivity index (χ0) is 13.8. The molecule has 0 atom stereocenters. The Hall–Kier alpha value is -1.35. The van der Waals surface area contributed by atoms with E-state index in [1.165, 1.54) is 18.2 Å². The molecule has 0 saturated heterocycles. The van der Waals surface area contributed by atoms with Gasteiger partial charge >= 0.3 is 5.97 Å². The van der Waals surface area contributed by atoms with Crippen LogP contribution in [0.1, 0.15) is 25.0 Å². The first-order valence-electron chi connectivity index (χ1n) is 6.23. The first-order chi connectivity index (χ1) is 8.37. The minimum absolute atomic E-state index is 0.200. The van der Waals surface area contributed by atoms with Gasteiger partial charge in [-0.25, -0.2) is 0 Å². The predicted molar refractivity (Wildman–Crippen MR) is 73.6 cm³/mol. The summed E-state index contributed by atoms with van der Waals surface area (Å²) < 4.78 is 4.82. The zero-order valence-corrected chi connectivity index (χ0v) is 12.0. The van der Waals surface area contributed by atoms with Crippen LogP contribution in [0.15, 0.2) is 24.3 Å². The number of carbonyl (C=O) groups is 1. The van der Waals surface area contributed by atoms with Crippen molar-refractivity contribution in [1.82, 2.24) is 4.90 Å². The Morgan fingerprint density at radius 1 is 1.28 bits per heavy atom. The van der Waals surface area contributed by atoms with E-state index in [9.17, 15) is 4.79 Å². The Bertz CT molecular complexity index is 395. The van der Waals surface area contributed by atoms with Crippen molar-refractivity contribution >= 4 is 5.97 Å². The number of carbonyl (C=O) groups excluding carboxylic acids is 1. The van der Waals surface area contributed by atoms with Crippen molar-refractivity contribution < 1.29 is 9.53 Å². The van der Waals surface area contributed by atoms with E-state index in [1.807, 2.05) is 25.8 Å².